The fourth-order valence-corrected chi connectivity index (χ4v) is 2.27. The van der Waals surface area contributed by atoms with Crippen LogP contribution in [0.1, 0.15) is 36.4 Å². The zero-order chi connectivity index (χ0) is 14.7. The topological polar surface area (TPSA) is 59.5 Å². The highest BCUT2D eigenvalue weighted by atomic mass is 16.3. The molecule has 2 N–H and O–H groups in total. The summed E-state index contributed by atoms with van der Waals surface area (Å²) in [6, 6.07) is 7.86. The number of hydrogen-bond donors (Lipinski definition) is 1. The molecule has 1 amide bonds. The van der Waals surface area contributed by atoms with Crippen molar-refractivity contribution in [1.82, 2.24) is 4.90 Å². The zero-order valence-corrected chi connectivity index (χ0v) is 12.3. The third kappa shape index (κ3) is 3.02. The Bertz CT molecular complexity index is 602. The normalized spacial score (nSPS) is 11.2. The van der Waals surface area contributed by atoms with Gasteiger partial charge >= 0.3 is 0 Å². The summed E-state index contributed by atoms with van der Waals surface area (Å²) in [6.07, 6.45) is 0.795. The summed E-state index contributed by atoms with van der Waals surface area (Å²) < 4.78 is 5.67. The van der Waals surface area contributed by atoms with Gasteiger partial charge in [-0.05, 0) is 51.9 Å². The van der Waals surface area contributed by atoms with Crippen molar-refractivity contribution >= 4 is 16.9 Å². The molecule has 4 heteroatoms. The molecule has 1 heterocycles. The number of amides is 1. The average molecular weight is 274 g/mol. The van der Waals surface area contributed by atoms with Gasteiger partial charge in [-0.2, -0.15) is 0 Å². The van der Waals surface area contributed by atoms with Crippen molar-refractivity contribution in [3.63, 3.8) is 0 Å². The monoisotopic (exact) mass is 274 g/mol. The first-order chi connectivity index (χ1) is 9.52. The third-order valence-electron chi connectivity index (χ3n) is 3.37. The second-order valence-corrected chi connectivity index (χ2v) is 5.39. The van der Waals surface area contributed by atoms with Crippen molar-refractivity contribution in [2.45, 2.75) is 33.2 Å². The van der Waals surface area contributed by atoms with Gasteiger partial charge in [-0.15, -0.1) is 0 Å². The van der Waals surface area contributed by atoms with Gasteiger partial charge in [0.1, 0.15) is 5.58 Å². The van der Waals surface area contributed by atoms with Crippen LogP contribution in [0.2, 0.25) is 0 Å². The molecule has 1 aromatic carbocycles. The Morgan fingerprint density at radius 2 is 2.10 bits per heavy atom. The first kappa shape index (κ1) is 14.6. The molecule has 0 aliphatic heterocycles. The molecule has 4 nitrogen and oxygen atoms in total. The number of nitrogens with zero attached hydrogens (tertiary/aromatic N) is 1. The summed E-state index contributed by atoms with van der Waals surface area (Å²) in [5.41, 5.74) is 7.44. The maximum atomic E-state index is 12.5. The highest BCUT2D eigenvalue weighted by Gasteiger charge is 2.21. The number of carbonyl (C=O) groups excluding carboxylic acids is 1. The molecular formula is C16H22N2O2. The van der Waals surface area contributed by atoms with Crippen molar-refractivity contribution in [3.8, 4) is 0 Å². The summed E-state index contributed by atoms with van der Waals surface area (Å²) in [5.74, 6) is 0.332. The van der Waals surface area contributed by atoms with Crippen molar-refractivity contribution in [2.75, 3.05) is 13.1 Å². The van der Waals surface area contributed by atoms with Crippen LogP contribution in [0.25, 0.3) is 11.0 Å². The quantitative estimate of drug-likeness (QED) is 0.912. The molecule has 0 spiro atoms. The van der Waals surface area contributed by atoms with Crippen molar-refractivity contribution in [3.05, 3.63) is 35.6 Å². The molecule has 0 fully saturated rings. The SMILES string of the molecule is Cc1ccc2oc(C(=O)N(CCCN)C(C)C)cc2c1. The van der Waals surface area contributed by atoms with Crippen molar-refractivity contribution in [2.24, 2.45) is 5.73 Å². The zero-order valence-electron chi connectivity index (χ0n) is 12.3. The Morgan fingerprint density at radius 1 is 1.35 bits per heavy atom. The van der Waals surface area contributed by atoms with Crippen molar-refractivity contribution in [1.29, 1.82) is 0 Å². The summed E-state index contributed by atoms with van der Waals surface area (Å²) in [5, 5.41) is 0.968. The fourth-order valence-electron chi connectivity index (χ4n) is 2.27. The van der Waals surface area contributed by atoms with E-state index in [1.165, 1.54) is 0 Å². The van der Waals surface area contributed by atoms with E-state index in [1.807, 2.05) is 45.0 Å². The first-order valence-electron chi connectivity index (χ1n) is 7.04. The summed E-state index contributed by atoms with van der Waals surface area (Å²) >= 11 is 0. The van der Waals surface area contributed by atoms with E-state index < -0.39 is 0 Å². The van der Waals surface area contributed by atoms with E-state index in [9.17, 15) is 4.79 Å². The van der Waals surface area contributed by atoms with Crippen LogP contribution in [0.15, 0.2) is 28.7 Å². The number of benzene rings is 1. The molecule has 0 saturated carbocycles. The van der Waals surface area contributed by atoms with E-state index in [2.05, 4.69) is 0 Å². The van der Waals surface area contributed by atoms with Crippen LogP contribution in [0.5, 0.6) is 0 Å². The molecule has 108 valence electrons. The van der Waals surface area contributed by atoms with Crippen LogP contribution in [-0.4, -0.2) is 29.9 Å². The number of fused-ring (bicyclic) bond motifs is 1. The van der Waals surface area contributed by atoms with Crippen LogP contribution < -0.4 is 5.73 Å². The van der Waals surface area contributed by atoms with Gasteiger partial charge in [0.05, 0.1) is 0 Å². The van der Waals surface area contributed by atoms with Crippen LogP contribution in [-0.2, 0) is 0 Å². The maximum absolute atomic E-state index is 12.5. The molecule has 0 radical (unpaired) electrons. The second kappa shape index (κ2) is 6.09. The van der Waals surface area contributed by atoms with Crippen LogP contribution in [0.4, 0.5) is 0 Å². The standard InChI is InChI=1S/C16H22N2O2/c1-11(2)18(8-4-7-17)16(19)15-10-13-9-12(3)5-6-14(13)20-15/h5-6,9-11H,4,7-8,17H2,1-3H3. The number of hydrogen-bond acceptors (Lipinski definition) is 3. The lowest BCUT2D eigenvalue weighted by molar-refractivity contribution is 0.0674. The molecular weight excluding hydrogens is 252 g/mol. The summed E-state index contributed by atoms with van der Waals surface area (Å²) in [4.78, 5) is 14.3. The van der Waals surface area contributed by atoms with E-state index in [0.717, 1.165) is 23.0 Å². The number of rotatable bonds is 5. The van der Waals surface area contributed by atoms with Gasteiger partial charge in [-0.25, -0.2) is 0 Å². The largest absolute Gasteiger partial charge is 0.451 e. The molecule has 2 rings (SSSR count). The lowest BCUT2D eigenvalue weighted by Crippen LogP contribution is -2.38. The molecule has 20 heavy (non-hydrogen) atoms. The van der Waals surface area contributed by atoms with Gasteiger partial charge in [-0.3, -0.25) is 4.79 Å². The number of carbonyl (C=O) groups is 1. The van der Waals surface area contributed by atoms with Gasteiger partial charge in [0.15, 0.2) is 5.76 Å². The Morgan fingerprint density at radius 3 is 2.75 bits per heavy atom. The average Bonchev–Trinajstić information content (AvgIpc) is 2.81. The van der Waals surface area contributed by atoms with E-state index in [0.29, 0.717) is 18.8 Å². The van der Waals surface area contributed by atoms with Gasteiger partial charge in [0.2, 0.25) is 0 Å². The number of nitrogens with two attached hydrogens (primary N) is 1. The van der Waals surface area contributed by atoms with Crippen LogP contribution in [0, 0.1) is 6.92 Å². The maximum Gasteiger partial charge on any atom is 0.289 e. The fraction of sp³-hybridized carbons (Fsp3) is 0.438. The highest BCUT2D eigenvalue weighted by molar-refractivity contribution is 5.96. The smallest absolute Gasteiger partial charge is 0.289 e. The van der Waals surface area contributed by atoms with Crippen molar-refractivity contribution < 1.29 is 9.21 Å². The van der Waals surface area contributed by atoms with E-state index >= 15 is 0 Å². The minimum Gasteiger partial charge on any atom is -0.451 e. The molecule has 0 atom stereocenters. The Kier molecular flexibility index (Phi) is 4.45. The van der Waals surface area contributed by atoms with Gasteiger partial charge < -0.3 is 15.1 Å². The minimum absolute atomic E-state index is 0.0673. The second-order valence-electron chi connectivity index (χ2n) is 5.39. The van der Waals surface area contributed by atoms with E-state index in [-0.39, 0.29) is 11.9 Å². The Balaban J connectivity index is 2.28. The molecule has 0 unspecified atom stereocenters. The third-order valence-corrected chi connectivity index (χ3v) is 3.37. The lowest BCUT2D eigenvalue weighted by Gasteiger charge is -2.25. The number of furan rings is 1. The van der Waals surface area contributed by atoms with Gasteiger partial charge in [-0.1, -0.05) is 11.6 Å². The summed E-state index contributed by atoms with van der Waals surface area (Å²) in [7, 11) is 0. The minimum atomic E-state index is -0.0673. The van der Waals surface area contributed by atoms with E-state index in [4.69, 9.17) is 10.2 Å². The molecule has 0 aliphatic rings. The van der Waals surface area contributed by atoms with Gasteiger partial charge in [0, 0.05) is 18.0 Å². The van der Waals surface area contributed by atoms with E-state index in [1.54, 1.807) is 4.90 Å². The van der Waals surface area contributed by atoms with Crippen LogP contribution >= 0.6 is 0 Å². The first-order valence-corrected chi connectivity index (χ1v) is 7.04. The molecule has 0 bridgehead atoms. The highest BCUT2D eigenvalue weighted by Crippen LogP contribution is 2.22. The predicted molar refractivity (Wildman–Crippen MR) is 80.8 cm³/mol. The Hall–Kier alpha value is -1.81. The lowest BCUT2D eigenvalue weighted by atomic mass is 10.2. The van der Waals surface area contributed by atoms with Crippen LogP contribution in [0.3, 0.4) is 0 Å². The molecule has 0 saturated heterocycles. The van der Waals surface area contributed by atoms with Gasteiger partial charge in [0.25, 0.3) is 5.91 Å². The molecule has 1 aromatic heterocycles. The Labute approximate surface area is 119 Å². The number of aryl methyl sites for hydroxylation is 1. The summed E-state index contributed by atoms with van der Waals surface area (Å²) in [6.45, 7) is 7.26. The molecule has 2 aromatic rings. The predicted octanol–water partition coefficient (Wildman–Crippen LogP) is 2.94. The molecule has 0 aliphatic carbocycles.